The number of esters is 1. The lowest BCUT2D eigenvalue weighted by Gasteiger charge is -2.20. The van der Waals surface area contributed by atoms with Gasteiger partial charge >= 0.3 is 18.2 Å². The second kappa shape index (κ2) is 13.1. The number of rotatable bonds is 11. The molecule has 2 atom stereocenters. The fourth-order valence-electron chi connectivity index (χ4n) is 4.69. The van der Waals surface area contributed by atoms with Gasteiger partial charge in [-0.2, -0.15) is 22.9 Å². The molecule has 1 unspecified atom stereocenters. The number of sulfonamides is 1. The van der Waals surface area contributed by atoms with Gasteiger partial charge in [0, 0.05) is 19.0 Å². The molecule has 14 nitrogen and oxygen atoms in total. The van der Waals surface area contributed by atoms with Gasteiger partial charge < -0.3 is 14.3 Å². The number of carbonyl (C=O) groups is 2. The van der Waals surface area contributed by atoms with E-state index in [1.54, 1.807) is 43.1 Å². The molecule has 4 aromatic rings. The highest BCUT2D eigenvalue weighted by Crippen LogP contribution is 2.33. The Kier molecular flexibility index (Phi) is 9.33. The third kappa shape index (κ3) is 7.93. The predicted molar refractivity (Wildman–Crippen MR) is 158 cm³/mol. The number of benzene rings is 2. The Balaban J connectivity index is 1.20. The smallest absolute Gasteiger partial charge is 0.435 e. The first kappa shape index (κ1) is 33.5. The van der Waals surface area contributed by atoms with Crippen LogP contribution in [0.25, 0.3) is 16.9 Å². The average Bonchev–Trinajstić information content (AvgIpc) is 3.37. The minimum absolute atomic E-state index is 0.155. The topological polar surface area (TPSA) is 152 Å². The van der Waals surface area contributed by atoms with Gasteiger partial charge in [0.05, 0.1) is 33.2 Å². The molecule has 2 aromatic carbocycles. The summed E-state index contributed by atoms with van der Waals surface area (Å²) in [5.41, 5.74) is 0.610. The molecule has 5 rings (SSSR count). The molecule has 0 bridgehead atoms. The van der Waals surface area contributed by atoms with E-state index in [0.29, 0.717) is 18.5 Å². The molecule has 0 aliphatic carbocycles. The molecule has 47 heavy (non-hydrogen) atoms. The summed E-state index contributed by atoms with van der Waals surface area (Å²) in [4.78, 5) is 30.5. The van der Waals surface area contributed by atoms with E-state index in [0.717, 1.165) is 39.9 Å². The molecule has 0 spiro atoms. The zero-order chi connectivity index (χ0) is 34.1. The SMILES string of the molecule is Cc1ccc(-c2cc(C(F)(F)F)nn2-c2ccc(S(=O)(=O)NC(=O)OC[C@@H]3CCCN3n3on3OC(C)OC(=O)C(C)C)cc2)cc1. The Morgan fingerprint density at radius 1 is 1.09 bits per heavy atom. The molecule has 18 heteroatoms. The molecule has 0 saturated carbocycles. The van der Waals surface area contributed by atoms with E-state index < -0.39 is 40.2 Å². The van der Waals surface area contributed by atoms with Crippen LogP contribution in [0.1, 0.15) is 44.9 Å². The summed E-state index contributed by atoms with van der Waals surface area (Å²) in [6, 6.07) is 12.2. The molecule has 1 N–H and O–H groups in total. The van der Waals surface area contributed by atoms with Gasteiger partial charge in [0.25, 0.3) is 16.3 Å². The van der Waals surface area contributed by atoms with Crippen molar-refractivity contribution in [2.45, 2.75) is 63.9 Å². The van der Waals surface area contributed by atoms with Gasteiger partial charge in [0.2, 0.25) is 0 Å². The summed E-state index contributed by atoms with van der Waals surface area (Å²) >= 11 is 0. The van der Waals surface area contributed by atoms with Gasteiger partial charge in [-0.3, -0.25) is 9.80 Å². The Bertz CT molecular complexity index is 1810. The van der Waals surface area contributed by atoms with Crippen molar-refractivity contribution < 1.29 is 50.1 Å². The highest BCUT2D eigenvalue weighted by Gasteiger charge is 2.36. The molecule has 1 aliphatic heterocycles. The monoisotopic (exact) mass is 682 g/mol. The molecule has 3 heterocycles. The zero-order valence-electron chi connectivity index (χ0n) is 25.8. The first-order valence-electron chi connectivity index (χ1n) is 14.6. The van der Waals surface area contributed by atoms with Crippen molar-refractivity contribution in [1.29, 1.82) is 0 Å². The minimum Gasteiger partial charge on any atom is -0.447 e. The lowest BCUT2D eigenvalue weighted by atomic mass is 10.1. The van der Waals surface area contributed by atoms with Crippen molar-refractivity contribution in [3.8, 4) is 16.9 Å². The number of aromatic nitrogens is 4. The normalized spacial score (nSPS) is 16.0. The van der Waals surface area contributed by atoms with Crippen molar-refractivity contribution in [1.82, 2.24) is 24.5 Å². The van der Waals surface area contributed by atoms with Crippen LogP contribution in [0.4, 0.5) is 18.0 Å². The van der Waals surface area contributed by atoms with E-state index in [-0.39, 0.29) is 34.8 Å². The first-order chi connectivity index (χ1) is 22.1. The third-order valence-corrected chi connectivity index (χ3v) is 8.51. The maximum Gasteiger partial charge on any atom is 0.435 e. The largest absolute Gasteiger partial charge is 0.447 e. The third-order valence-electron chi connectivity index (χ3n) is 7.18. The second-order valence-electron chi connectivity index (χ2n) is 11.2. The standard InChI is InChI=1S/C29H33F3N6O8S/c1-18(2)27(39)44-20(4)45-38-37(46-38)35-15-5-6-23(35)17-43-28(40)34-47(41,42)24-13-11-22(12-14-24)36-25(16-26(33-36)29(30,31)32)21-9-7-19(3)8-10-21/h7-14,16,18,20,23H,5-6,15,17H2,1-4H3,(H,34,40)/t20?,23-,37?,38?/m0/s1. The molecular formula is C29H33F3N6O8S. The molecule has 254 valence electrons. The quantitative estimate of drug-likeness (QED) is 0.180. The van der Waals surface area contributed by atoms with E-state index in [2.05, 4.69) is 5.10 Å². The maximum atomic E-state index is 13.5. The number of nitrogens with one attached hydrogen (secondary N) is 1. The summed E-state index contributed by atoms with van der Waals surface area (Å²) in [5.74, 6) is -0.781. The van der Waals surface area contributed by atoms with Crippen LogP contribution in [-0.4, -0.2) is 65.7 Å². The summed E-state index contributed by atoms with van der Waals surface area (Å²) in [5, 5.41) is 6.42. The summed E-state index contributed by atoms with van der Waals surface area (Å²) < 4.78 is 84.9. The molecule has 1 amide bonds. The Morgan fingerprint density at radius 2 is 1.77 bits per heavy atom. The fourth-order valence-corrected chi connectivity index (χ4v) is 5.58. The van der Waals surface area contributed by atoms with Crippen LogP contribution in [0.3, 0.4) is 0 Å². The van der Waals surface area contributed by atoms with Crippen LogP contribution in [0.5, 0.6) is 0 Å². The lowest BCUT2D eigenvalue weighted by Crippen LogP contribution is -2.42. The van der Waals surface area contributed by atoms with Gasteiger partial charge in [-0.25, -0.2) is 22.6 Å². The van der Waals surface area contributed by atoms with Crippen molar-refractivity contribution >= 4 is 22.1 Å². The lowest BCUT2D eigenvalue weighted by molar-refractivity contribution is -0.184. The molecule has 1 saturated heterocycles. The van der Waals surface area contributed by atoms with E-state index >= 15 is 0 Å². The van der Waals surface area contributed by atoms with Crippen molar-refractivity contribution in [2.24, 2.45) is 5.92 Å². The fraction of sp³-hybridized carbons (Fsp3) is 0.414. The van der Waals surface area contributed by atoms with Crippen molar-refractivity contribution in [2.75, 3.05) is 18.2 Å². The number of hydrogen-bond donors (Lipinski definition) is 1. The number of carbonyl (C=O) groups excluding carboxylic acids is 2. The van der Waals surface area contributed by atoms with Crippen molar-refractivity contribution in [3.05, 3.63) is 65.9 Å². The maximum absolute atomic E-state index is 13.5. The van der Waals surface area contributed by atoms with Crippen LogP contribution in [0.2, 0.25) is 0 Å². The highest BCUT2D eigenvalue weighted by atomic mass is 32.2. The minimum atomic E-state index is -4.70. The van der Waals surface area contributed by atoms with Gasteiger partial charge in [-0.1, -0.05) is 43.7 Å². The van der Waals surface area contributed by atoms with Crippen LogP contribution in [0.15, 0.2) is 64.1 Å². The van der Waals surface area contributed by atoms with Gasteiger partial charge in [0.15, 0.2) is 5.69 Å². The Labute approximate surface area is 267 Å². The average molecular weight is 683 g/mol. The second-order valence-corrected chi connectivity index (χ2v) is 12.9. The van der Waals surface area contributed by atoms with Crippen LogP contribution < -0.4 is 14.6 Å². The van der Waals surface area contributed by atoms with E-state index in [9.17, 15) is 31.2 Å². The summed E-state index contributed by atoms with van der Waals surface area (Å²) in [6.45, 7) is 7.07. The molecule has 1 aliphatic rings. The number of alkyl halides is 3. The predicted octanol–water partition coefficient (Wildman–Crippen LogP) is 4.25. The number of halogens is 3. The van der Waals surface area contributed by atoms with Crippen LogP contribution in [-0.2, 0) is 30.5 Å². The molecule has 2 aromatic heterocycles. The molecule has 1 fully saturated rings. The number of nitrogens with zero attached hydrogens (tertiary/aromatic N) is 5. The van der Waals surface area contributed by atoms with Crippen molar-refractivity contribution in [3.63, 3.8) is 0 Å². The van der Waals surface area contributed by atoms with Crippen LogP contribution in [0, 0.1) is 12.8 Å². The number of aryl methyl sites for hydroxylation is 1. The molecule has 0 radical (unpaired) electrons. The number of hydrogen-bond acceptors (Lipinski definition) is 10. The van der Waals surface area contributed by atoms with E-state index in [4.69, 9.17) is 18.9 Å². The van der Waals surface area contributed by atoms with Gasteiger partial charge in [-0.05, 0) is 50.1 Å². The molecular weight excluding hydrogens is 649 g/mol. The van der Waals surface area contributed by atoms with Gasteiger partial charge in [-0.15, -0.1) is 0 Å². The summed E-state index contributed by atoms with van der Waals surface area (Å²) in [6.07, 6.45) is -5.53. The van der Waals surface area contributed by atoms with Crippen LogP contribution >= 0.6 is 0 Å². The van der Waals surface area contributed by atoms with E-state index in [1.165, 1.54) is 24.0 Å². The van der Waals surface area contributed by atoms with Gasteiger partial charge in [0.1, 0.15) is 11.6 Å². The van der Waals surface area contributed by atoms with E-state index in [1.807, 2.05) is 11.6 Å². The Morgan fingerprint density at radius 3 is 2.40 bits per heavy atom. The Hall–Kier alpha value is -4.87. The number of amides is 1. The number of ether oxygens (including phenoxy) is 2. The zero-order valence-corrected chi connectivity index (χ0v) is 26.6. The summed E-state index contributed by atoms with van der Waals surface area (Å²) in [7, 11) is -4.40. The first-order valence-corrected chi connectivity index (χ1v) is 16.1. The highest BCUT2D eigenvalue weighted by molar-refractivity contribution is 7.90.